The van der Waals surface area contributed by atoms with Gasteiger partial charge in [-0.1, -0.05) is 46.3 Å². The molecule has 32 heavy (non-hydrogen) atoms. The summed E-state index contributed by atoms with van der Waals surface area (Å²) in [6, 6.07) is -0.887. The number of nitrogens with one attached hydrogen (secondary N) is 1. The van der Waals surface area contributed by atoms with Crippen LogP contribution in [0.4, 0.5) is 0 Å². The molecule has 3 aliphatic carbocycles. The number of aliphatic carboxylic acids is 1. The molecule has 0 unspecified atom stereocenters. The van der Waals surface area contributed by atoms with Crippen molar-refractivity contribution in [1.29, 1.82) is 0 Å². The maximum Gasteiger partial charge on any atom is 0.326 e. The van der Waals surface area contributed by atoms with E-state index in [1.165, 1.54) is 24.1 Å². The van der Waals surface area contributed by atoms with Crippen molar-refractivity contribution in [3.8, 4) is 0 Å². The maximum absolute atomic E-state index is 13.1. The van der Waals surface area contributed by atoms with E-state index in [9.17, 15) is 19.5 Å². The summed E-state index contributed by atoms with van der Waals surface area (Å²) in [5, 5.41) is 12.3. The van der Waals surface area contributed by atoms with Crippen LogP contribution in [0.2, 0.25) is 0 Å². The van der Waals surface area contributed by atoms with E-state index in [-0.39, 0.29) is 34.0 Å². The highest BCUT2D eigenvalue weighted by molar-refractivity contribution is 6.19. The quantitative estimate of drug-likeness (QED) is 0.418. The smallest absolute Gasteiger partial charge is 0.326 e. The molecule has 1 saturated carbocycles. The summed E-state index contributed by atoms with van der Waals surface area (Å²) in [6.45, 7) is 13.1. The number of carbonyl (C=O) groups excluding carboxylic acids is 2. The number of allylic oxidation sites excluding steroid dienone is 5. The Morgan fingerprint density at radius 3 is 2.50 bits per heavy atom. The van der Waals surface area contributed by atoms with E-state index in [0.29, 0.717) is 30.3 Å². The van der Waals surface area contributed by atoms with Crippen LogP contribution in [0, 0.1) is 28.6 Å². The molecular weight excluding hydrogens is 402 g/mol. The Kier molecular flexibility index (Phi) is 6.88. The molecule has 0 aliphatic heterocycles. The summed E-state index contributed by atoms with van der Waals surface area (Å²) < 4.78 is 0. The number of carbonyl (C=O) groups is 3. The normalized spacial score (nSPS) is 33.8. The van der Waals surface area contributed by atoms with Crippen molar-refractivity contribution < 1.29 is 19.5 Å². The molecule has 1 fully saturated rings. The number of ketones is 2. The second-order valence-corrected chi connectivity index (χ2v) is 11.2. The van der Waals surface area contributed by atoms with E-state index in [4.69, 9.17) is 0 Å². The third-order valence-corrected chi connectivity index (χ3v) is 8.66. The lowest BCUT2D eigenvalue weighted by Crippen LogP contribution is -2.50. The summed E-state index contributed by atoms with van der Waals surface area (Å²) >= 11 is 0. The van der Waals surface area contributed by atoms with Crippen molar-refractivity contribution in [3.63, 3.8) is 0 Å². The Bertz CT molecular complexity index is 895. The highest BCUT2D eigenvalue weighted by atomic mass is 16.4. The zero-order valence-electron chi connectivity index (χ0n) is 20.5. The molecule has 2 N–H and O–H groups in total. The number of hydrogen-bond donors (Lipinski definition) is 2. The molecule has 0 bridgehead atoms. The Morgan fingerprint density at radius 2 is 1.88 bits per heavy atom. The van der Waals surface area contributed by atoms with Gasteiger partial charge in [0.1, 0.15) is 6.04 Å². The second-order valence-electron chi connectivity index (χ2n) is 11.2. The van der Waals surface area contributed by atoms with Gasteiger partial charge in [-0.2, -0.15) is 0 Å². The predicted molar refractivity (Wildman–Crippen MR) is 126 cm³/mol. The fourth-order valence-corrected chi connectivity index (χ4v) is 6.35. The van der Waals surface area contributed by atoms with Gasteiger partial charge in [-0.25, -0.2) is 4.79 Å². The van der Waals surface area contributed by atoms with Crippen molar-refractivity contribution in [2.75, 3.05) is 0 Å². The second kappa shape index (κ2) is 8.99. The van der Waals surface area contributed by atoms with E-state index in [0.717, 1.165) is 19.3 Å². The average Bonchev–Trinajstić information content (AvgIpc) is 2.70. The van der Waals surface area contributed by atoms with Crippen LogP contribution in [0.15, 0.2) is 35.1 Å². The largest absolute Gasteiger partial charge is 0.480 e. The van der Waals surface area contributed by atoms with Crippen LogP contribution in [0.25, 0.3) is 0 Å². The van der Waals surface area contributed by atoms with Gasteiger partial charge >= 0.3 is 5.97 Å². The fraction of sp³-hybridized carbons (Fsp3) is 0.667. The Morgan fingerprint density at radius 1 is 1.19 bits per heavy atom. The zero-order valence-corrected chi connectivity index (χ0v) is 20.5. The van der Waals surface area contributed by atoms with Crippen LogP contribution in [0.5, 0.6) is 0 Å². The molecule has 0 radical (unpaired) electrons. The number of carboxylic acids is 1. The minimum absolute atomic E-state index is 0.0652. The molecule has 0 heterocycles. The standard InChI is InChI=1S/C27H39NO4/c1-16(2)12-21(25(31)32)28-20-14-22(29)19(13-23(20)30)15-27(6)18(4)10-11-26(5)17(3)8-7-9-24(26)27/h8,13-14,16,18,21,24,28H,7,9-12,15H2,1-6H3,(H,31,32)/t18-,21-,24+,26+,27+/m0/s1. The number of fused-ring (bicyclic) bond motifs is 1. The molecule has 176 valence electrons. The van der Waals surface area contributed by atoms with Crippen LogP contribution in [-0.2, 0) is 14.4 Å². The number of carboxylic acid groups (broad SMARTS) is 1. The summed E-state index contributed by atoms with van der Waals surface area (Å²) in [5.41, 5.74) is 2.19. The lowest BCUT2D eigenvalue weighted by molar-refractivity contribution is -0.139. The van der Waals surface area contributed by atoms with Crippen molar-refractivity contribution in [1.82, 2.24) is 5.32 Å². The first-order valence-corrected chi connectivity index (χ1v) is 12.1. The van der Waals surface area contributed by atoms with Crippen LogP contribution >= 0.6 is 0 Å². The molecule has 5 atom stereocenters. The third kappa shape index (κ3) is 4.49. The van der Waals surface area contributed by atoms with Crippen molar-refractivity contribution in [3.05, 3.63) is 35.1 Å². The third-order valence-electron chi connectivity index (χ3n) is 8.66. The molecule has 0 aromatic heterocycles. The topological polar surface area (TPSA) is 83.5 Å². The van der Waals surface area contributed by atoms with Gasteiger partial charge < -0.3 is 10.4 Å². The average molecular weight is 442 g/mol. The van der Waals surface area contributed by atoms with Gasteiger partial charge in [0.25, 0.3) is 0 Å². The molecule has 0 aromatic carbocycles. The van der Waals surface area contributed by atoms with Gasteiger partial charge in [0.15, 0.2) is 5.78 Å². The fourth-order valence-electron chi connectivity index (χ4n) is 6.35. The van der Waals surface area contributed by atoms with Gasteiger partial charge in [0, 0.05) is 11.6 Å². The van der Waals surface area contributed by atoms with Crippen molar-refractivity contribution in [2.45, 2.75) is 86.1 Å². The van der Waals surface area contributed by atoms with Gasteiger partial charge in [0.05, 0.1) is 5.70 Å². The maximum atomic E-state index is 13.1. The molecule has 3 aliphatic rings. The van der Waals surface area contributed by atoms with Gasteiger partial charge in [-0.15, -0.1) is 0 Å². The Hall–Kier alpha value is -2.17. The minimum Gasteiger partial charge on any atom is -0.480 e. The molecule has 5 heteroatoms. The first kappa shape index (κ1) is 24.5. The van der Waals surface area contributed by atoms with Gasteiger partial charge in [0.2, 0.25) is 5.78 Å². The summed E-state index contributed by atoms with van der Waals surface area (Å²) in [7, 11) is 0. The van der Waals surface area contributed by atoms with E-state index < -0.39 is 12.0 Å². The lowest BCUT2D eigenvalue weighted by atomic mass is 9.46. The molecule has 3 rings (SSSR count). The Balaban J connectivity index is 1.82. The minimum atomic E-state index is -1.02. The summed E-state index contributed by atoms with van der Waals surface area (Å²) in [4.78, 5) is 37.5. The highest BCUT2D eigenvalue weighted by Crippen LogP contribution is 2.62. The van der Waals surface area contributed by atoms with Crippen LogP contribution in [0.1, 0.15) is 80.1 Å². The summed E-state index contributed by atoms with van der Waals surface area (Å²) in [5.74, 6) is -0.411. The van der Waals surface area contributed by atoms with E-state index >= 15 is 0 Å². The molecule has 5 nitrogen and oxygen atoms in total. The molecule has 0 amide bonds. The highest BCUT2D eigenvalue weighted by Gasteiger charge is 2.53. The van der Waals surface area contributed by atoms with Crippen LogP contribution in [-0.4, -0.2) is 28.7 Å². The summed E-state index contributed by atoms with van der Waals surface area (Å²) in [6.07, 6.45) is 10.6. The van der Waals surface area contributed by atoms with Gasteiger partial charge in [-0.3, -0.25) is 9.59 Å². The SMILES string of the molecule is CC1=CCC[C@H]2[C@](C)(CC3=CC(=O)C(N[C@@H](CC(C)C)C(=O)O)=CC3=O)[C@@H](C)CC[C@]12C. The number of rotatable bonds is 7. The molecule has 0 spiro atoms. The van der Waals surface area contributed by atoms with Crippen molar-refractivity contribution in [2.24, 2.45) is 28.6 Å². The van der Waals surface area contributed by atoms with Crippen LogP contribution in [0.3, 0.4) is 0 Å². The Labute approximate surface area is 192 Å². The van der Waals surface area contributed by atoms with Crippen molar-refractivity contribution >= 4 is 17.5 Å². The van der Waals surface area contributed by atoms with Crippen LogP contribution < -0.4 is 5.32 Å². The van der Waals surface area contributed by atoms with Gasteiger partial charge in [-0.05, 0) is 80.1 Å². The van der Waals surface area contributed by atoms with E-state index in [1.54, 1.807) is 0 Å². The van der Waals surface area contributed by atoms with E-state index in [1.807, 2.05) is 13.8 Å². The molecular formula is C27H39NO4. The molecule has 0 aromatic rings. The van der Waals surface area contributed by atoms with E-state index in [2.05, 4.69) is 39.1 Å². The first-order valence-electron chi connectivity index (χ1n) is 12.1. The first-order chi connectivity index (χ1) is 14.9. The lowest BCUT2D eigenvalue weighted by Gasteiger charge is -2.58. The molecule has 0 saturated heterocycles. The zero-order chi connectivity index (χ0) is 23.8. The monoisotopic (exact) mass is 441 g/mol. The predicted octanol–water partition coefficient (Wildman–Crippen LogP) is 5.23. The number of hydrogen-bond acceptors (Lipinski definition) is 4.